The van der Waals surface area contributed by atoms with Crippen LogP contribution in [-0.4, -0.2) is 43.8 Å². The summed E-state index contributed by atoms with van der Waals surface area (Å²) >= 11 is 12.2. The highest BCUT2D eigenvalue weighted by Gasteiger charge is 2.33. The lowest BCUT2D eigenvalue weighted by Crippen LogP contribution is -2.37. The van der Waals surface area contributed by atoms with Crippen molar-refractivity contribution < 1.29 is 14.2 Å². The summed E-state index contributed by atoms with van der Waals surface area (Å²) in [7, 11) is 2.98. The van der Waals surface area contributed by atoms with Crippen LogP contribution < -0.4 is 16.0 Å². The van der Waals surface area contributed by atoms with E-state index in [1.807, 2.05) is 13.8 Å². The molecule has 1 atom stereocenters. The summed E-state index contributed by atoms with van der Waals surface area (Å²) in [6.07, 6.45) is -0.292. The summed E-state index contributed by atoms with van der Waals surface area (Å²) < 4.78 is 21.3. The van der Waals surface area contributed by atoms with E-state index < -0.39 is 17.0 Å². The van der Waals surface area contributed by atoms with Gasteiger partial charge >= 0.3 is 5.69 Å². The number of fused-ring (bicyclic) bond motifs is 1. The Labute approximate surface area is 187 Å². The van der Waals surface area contributed by atoms with E-state index in [-0.39, 0.29) is 36.4 Å². The van der Waals surface area contributed by atoms with Crippen molar-refractivity contribution >= 4 is 34.4 Å². The smallest absolute Gasteiger partial charge is 0.332 e. The predicted octanol–water partition coefficient (Wildman–Crippen LogP) is 2.32. The molecule has 4 rings (SSSR count). The monoisotopic (exact) mass is 468 g/mol. The van der Waals surface area contributed by atoms with Gasteiger partial charge in [-0.25, -0.2) is 4.79 Å². The van der Waals surface area contributed by atoms with Crippen molar-refractivity contribution in [1.82, 2.24) is 18.7 Å². The number of aryl methyl sites for hydroxylation is 1. The fourth-order valence-corrected chi connectivity index (χ4v) is 3.84. The average molecular weight is 469 g/mol. The van der Waals surface area contributed by atoms with Crippen molar-refractivity contribution in [3.05, 3.63) is 54.6 Å². The molecular formula is C20H22Cl2N4O5. The normalized spacial score (nSPS) is 18.1. The van der Waals surface area contributed by atoms with Crippen LogP contribution in [0.1, 0.15) is 19.4 Å². The molecule has 1 fully saturated rings. The van der Waals surface area contributed by atoms with E-state index in [1.165, 1.54) is 11.6 Å². The van der Waals surface area contributed by atoms with Gasteiger partial charge in [-0.1, -0.05) is 29.3 Å². The van der Waals surface area contributed by atoms with E-state index >= 15 is 0 Å². The molecule has 11 heteroatoms. The molecule has 0 spiro atoms. The maximum Gasteiger partial charge on any atom is 0.332 e. The minimum Gasteiger partial charge on any atom is -0.462 e. The van der Waals surface area contributed by atoms with Crippen LogP contribution in [-0.2, 0) is 30.1 Å². The van der Waals surface area contributed by atoms with Crippen LogP contribution in [0.3, 0.4) is 0 Å². The van der Waals surface area contributed by atoms with Crippen LogP contribution in [0, 0.1) is 0 Å². The number of hydrogen-bond acceptors (Lipinski definition) is 6. The standard InChI is InChI=1S/C20H22Cl2N4O5/c1-20(2)30-10-12(31-20)9-29-18-23-16-15(17(27)25(4)19(28)24(16)3)26(18)8-11-5-6-13(21)14(22)7-11/h5-7,12H,8-10H2,1-4H3/t12-/m1/s1. The van der Waals surface area contributed by atoms with E-state index in [9.17, 15) is 9.59 Å². The molecular weight excluding hydrogens is 447 g/mol. The van der Waals surface area contributed by atoms with Crippen molar-refractivity contribution in [3.63, 3.8) is 0 Å². The van der Waals surface area contributed by atoms with Crippen LogP contribution >= 0.6 is 23.2 Å². The van der Waals surface area contributed by atoms with Crippen LogP contribution in [0.5, 0.6) is 6.01 Å². The van der Waals surface area contributed by atoms with Crippen molar-refractivity contribution in [2.24, 2.45) is 14.1 Å². The SMILES string of the molecule is Cn1c(=O)c2c(nc(OC[C@@H]3COC(C)(C)O3)n2Cc2ccc(Cl)c(Cl)c2)n(C)c1=O. The molecule has 0 bridgehead atoms. The number of imidazole rings is 1. The van der Waals surface area contributed by atoms with Gasteiger partial charge in [-0.05, 0) is 31.5 Å². The first-order valence-corrected chi connectivity index (χ1v) is 10.4. The fraction of sp³-hybridized carbons (Fsp3) is 0.450. The van der Waals surface area contributed by atoms with Gasteiger partial charge in [0, 0.05) is 14.1 Å². The van der Waals surface area contributed by atoms with E-state index in [2.05, 4.69) is 4.98 Å². The minimum absolute atomic E-state index is 0.169. The quantitative estimate of drug-likeness (QED) is 0.570. The van der Waals surface area contributed by atoms with Crippen molar-refractivity contribution in [3.8, 4) is 6.01 Å². The largest absolute Gasteiger partial charge is 0.462 e. The van der Waals surface area contributed by atoms with Gasteiger partial charge in [-0.2, -0.15) is 4.98 Å². The summed E-state index contributed by atoms with van der Waals surface area (Å²) in [5.41, 5.74) is 0.317. The lowest BCUT2D eigenvalue weighted by molar-refractivity contribution is -0.141. The summed E-state index contributed by atoms with van der Waals surface area (Å²) in [5, 5.41) is 0.821. The number of nitrogens with zero attached hydrogens (tertiary/aromatic N) is 4. The number of benzene rings is 1. The van der Waals surface area contributed by atoms with E-state index in [1.54, 1.807) is 29.8 Å². The van der Waals surface area contributed by atoms with Crippen LogP contribution in [0.2, 0.25) is 10.0 Å². The van der Waals surface area contributed by atoms with Gasteiger partial charge in [-0.15, -0.1) is 0 Å². The summed E-state index contributed by atoms with van der Waals surface area (Å²) in [5.74, 6) is -0.686. The van der Waals surface area contributed by atoms with E-state index in [0.717, 1.165) is 10.1 Å². The lowest BCUT2D eigenvalue weighted by Gasteiger charge is -2.17. The zero-order chi connectivity index (χ0) is 22.5. The molecule has 1 aliphatic heterocycles. The molecule has 166 valence electrons. The molecule has 9 nitrogen and oxygen atoms in total. The Hall–Kier alpha value is -2.33. The third kappa shape index (κ3) is 4.10. The molecule has 1 saturated heterocycles. The van der Waals surface area contributed by atoms with Crippen molar-refractivity contribution in [2.75, 3.05) is 13.2 Å². The van der Waals surface area contributed by atoms with Crippen molar-refractivity contribution in [2.45, 2.75) is 32.3 Å². The maximum absolute atomic E-state index is 12.9. The lowest BCUT2D eigenvalue weighted by atomic mass is 10.2. The highest BCUT2D eigenvalue weighted by molar-refractivity contribution is 6.42. The summed E-state index contributed by atoms with van der Waals surface area (Å²) in [6, 6.07) is 5.38. The first kappa shape index (κ1) is 21.9. The van der Waals surface area contributed by atoms with Crippen LogP contribution in [0.25, 0.3) is 11.2 Å². The highest BCUT2D eigenvalue weighted by Crippen LogP contribution is 2.27. The second-order valence-corrected chi connectivity index (χ2v) is 8.68. The molecule has 0 unspecified atom stereocenters. The Balaban J connectivity index is 1.78. The predicted molar refractivity (Wildman–Crippen MR) is 116 cm³/mol. The fourth-order valence-electron chi connectivity index (χ4n) is 3.52. The first-order chi connectivity index (χ1) is 14.6. The van der Waals surface area contributed by atoms with Crippen molar-refractivity contribution in [1.29, 1.82) is 0 Å². The van der Waals surface area contributed by atoms with Gasteiger partial charge < -0.3 is 14.2 Å². The first-order valence-electron chi connectivity index (χ1n) is 9.62. The molecule has 3 aromatic rings. The summed E-state index contributed by atoms with van der Waals surface area (Å²) in [4.78, 5) is 29.7. The minimum atomic E-state index is -0.686. The molecule has 31 heavy (non-hydrogen) atoms. The van der Waals surface area contributed by atoms with E-state index in [0.29, 0.717) is 16.7 Å². The Morgan fingerprint density at radius 3 is 2.58 bits per heavy atom. The third-order valence-electron chi connectivity index (χ3n) is 5.10. The molecule has 0 radical (unpaired) electrons. The van der Waals surface area contributed by atoms with Gasteiger partial charge in [-0.3, -0.25) is 18.5 Å². The van der Waals surface area contributed by atoms with Gasteiger partial charge in [0.1, 0.15) is 12.7 Å². The number of rotatable bonds is 5. The Kier molecular flexibility index (Phi) is 5.63. The maximum atomic E-state index is 12.9. The second kappa shape index (κ2) is 7.98. The van der Waals surface area contributed by atoms with Crippen LogP contribution in [0.15, 0.2) is 27.8 Å². The zero-order valence-corrected chi connectivity index (χ0v) is 19.0. The summed E-state index contributed by atoms with van der Waals surface area (Å²) in [6.45, 7) is 4.43. The Morgan fingerprint density at radius 1 is 1.19 bits per heavy atom. The van der Waals surface area contributed by atoms with Gasteiger partial charge in [0.05, 0.1) is 23.2 Å². The molecule has 3 heterocycles. The molecule has 0 aliphatic carbocycles. The topological polar surface area (TPSA) is 89.5 Å². The molecule has 0 N–H and O–H groups in total. The highest BCUT2D eigenvalue weighted by atomic mass is 35.5. The Bertz CT molecular complexity index is 1280. The number of aromatic nitrogens is 4. The van der Waals surface area contributed by atoms with Gasteiger partial charge in [0.2, 0.25) is 0 Å². The third-order valence-corrected chi connectivity index (χ3v) is 5.84. The van der Waals surface area contributed by atoms with E-state index in [4.69, 9.17) is 37.4 Å². The number of halogens is 2. The molecule has 1 aromatic carbocycles. The van der Waals surface area contributed by atoms with Crippen LogP contribution in [0.4, 0.5) is 0 Å². The van der Waals surface area contributed by atoms with Gasteiger partial charge in [0.25, 0.3) is 11.6 Å². The molecule has 2 aromatic heterocycles. The average Bonchev–Trinajstić information content (AvgIpc) is 3.25. The Morgan fingerprint density at radius 2 is 1.94 bits per heavy atom. The molecule has 0 saturated carbocycles. The second-order valence-electron chi connectivity index (χ2n) is 7.87. The zero-order valence-electron chi connectivity index (χ0n) is 17.5. The number of ether oxygens (including phenoxy) is 3. The molecule has 0 amide bonds. The number of hydrogen-bond donors (Lipinski definition) is 0. The molecule has 1 aliphatic rings. The van der Waals surface area contributed by atoms with Gasteiger partial charge in [0.15, 0.2) is 17.0 Å².